The van der Waals surface area contributed by atoms with Gasteiger partial charge < -0.3 is 14.5 Å². The fourth-order valence-electron chi connectivity index (χ4n) is 4.88. The van der Waals surface area contributed by atoms with E-state index in [1.165, 1.54) is 23.9 Å². The van der Waals surface area contributed by atoms with Crippen LogP contribution in [0.15, 0.2) is 34.0 Å². The fourth-order valence-corrected chi connectivity index (χ4v) is 6.44. The van der Waals surface area contributed by atoms with Crippen LogP contribution in [0, 0.1) is 11.6 Å². The third-order valence-electron chi connectivity index (χ3n) is 6.46. The second kappa shape index (κ2) is 9.47. The number of aryl methyl sites for hydroxylation is 1. The second-order valence-corrected chi connectivity index (χ2v) is 11.8. The van der Waals surface area contributed by atoms with Crippen molar-refractivity contribution in [3.63, 3.8) is 0 Å². The molecule has 196 valence electrons. The van der Waals surface area contributed by atoms with Gasteiger partial charge in [0.2, 0.25) is 0 Å². The van der Waals surface area contributed by atoms with E-state index >= 15 is 0 Å². The summed E-state index contributed by atoms with van der Waals surface area (Å²) in [5, 5.41) is 0.964. The molecule has 0 radical (unpaired) electrons. The molecule has 0 bridgehead atoms. The molecule has 0 unspecified atom stereocenters. The number of aromatic nitrogens is 2. The van der Waals surface area contributed by atoms with E-state index in [1.807, 2.05) is 32.6 Å². The lowest BCUT2D eigenvalue weighted by molar-refractivity contribution is 0.0218. The van der Waals surface area contributed by atoms with Gasteiger partial charge >= 0.3 is 11.8 Å². The first-order chi connectivity index (χ1) is 17.4. The molecule has 1 fully saturated rings. The Balaban J connectivity index is 1.60. The monoisotopic (exact) mass is 548 g/mol. The van der Waals surface area contributed by atoms with Crippen molar-refractivity contribution in [2.75, 3.05) is 30.3 Å². The number of ether oxygens (including phenoxy) is 1. The number of carbonyl (C=O) groups excluding carboxylic acids is 1. The van der Waals surface area contributed by atoms with E-state index in [0.29, 0.717) is 59.1 Å². The Kier molecular flexibility index (Phi) is 6.60. The summed E-state index contributed by atoms with van der Waals surface area (Å²) < 4.78 is 35.5. The number of anilines is 1. The minimum atomic E-state index is -0.723. The molecule has 11 heteroatoms. The van der Waals surface area contributed by atoms with Gasteiger partial charge in [-0.1, -0.05) is 11.6 Å². The maximum atomic E-state index is 14.8. The van der Waals surface area contributed by atoms with E-state index in [1.54, 1.807) is 15.5 Å². The molecule has 0 spiro atoms. The normalized spacial score (nSPS) is 17.9. The van der Waals surface area contributed by atoms with Crippen LogP contribution in [0.5, 0.6) is 0 Å². The molecular formula is C26H27ClF2N4O3S. The zero-order valence-corrected chi connectivity index (χ0v) is 22.6. The minimum absolute atomic E-state index is 0.153. The third-order valence-corrected chi connectivity index (χ3v) is 7.83. The van der Waals surface area contributed by atoms with Crippen LogP contribution in [0.4, 0.5) is 19.4 Å². The number of hydrogen-bond acceptors (Lipinski definition) is 6. The van der Waals surface area contributed by atoms with Gasteiger partial charge in [0.05, 0.1) is 10.5 Å². The van der Waals surface area contributed by atoms with Gasteiger partial charge in [0.15, 0.2) is 0 Å². The summed E-state index contributed by atoms with van der Waals surface area (Å²) in [6.45, 7) is 9.13. The lowest BCUT2D eigenvalue weighted by Gasteiger charge is -2.41. The highest BCUT2D eigenvalue weighted by molar-refractivity contribution is 7.99. The van der Waals surface area contributed by atoms with E-state index in [0.717, 1.165) is 6.07 Å². The molecule has 0 aliphatic carbocycles. The Morgan fingerprint density at radius 1 is 1.19 bits per heavy atom. The molecule has 2 aliphatic rings. The average molecular weight is 549 g/mol. The molecule has 3 heterocycles. The highest BCUT2D eigenvalue weighted by Gasteiger charge is 2.33. The van der Waals surface area contributed by atoms with Gasteiger partial charge in [-0.3, -0.25) is 4.57 Å². The van der Waals surface area contributed by atoms with Gasteiger partial charge in [-0.05, 0) is 45.9 Å². The summed E-state index contributed by atoms with van der Waals surface area (Å²) in [6.07, 6.45) is -0.380. The van der Waals surface area contributed by atoms with Crippen LogP contribution in [-0.2, 0) is 11.3 Å². The Morgan fingerprint density at radius 3 is 2.62 bits per heavy atom. The predicted octanol–water partition coefficient (Wildman–Crippen LogP) is 5.55. The van der Waals surface area contributed by atoms with E-state index in [9.17, 15) is 18.4 Å². The number of rotatable bonds is 2. The summed E-state index contributed by atoms with van der Waals surface area (Å²) in [5.41, 5.74) is 0.244. The van der Waals surface area contributed by atoms with Crippen LogP contribution in [0.3, 0.4) is 0 Å². The van der Waals surface area contributed by atoms with Crippen molar-refractivity contribution >= 4 is 46.2 Å². The second-order valence-electron chi connectivity index (χ2n) is 10.3. The van der Waals surface area contributed by atoms with Crippen molar-refractivity contribution < 1.29 is 18.3 Å². The molecule has 1 amide bonds. The number of halogens is 3. The first-order valence-corrected chi connectivity index (χ1v) is 13.4. The predicted molar refractivity (Wildman–Crippen MR) is 142 cm³/mol. The SMILES string of the molecule is C[C@@H]1CN(C(=O)OC(C)(C)C)CCN1c1nc(=O)n2c3c(c(-c4ccc(F)cc4F)c(Cl)cc13)SCC2. The molecule has 2 aromatic carbocycles. The zero-order chi connectivity index (χ0) is 26.6. The van der Waals surface area contributed by atoms with Crippen LogP contribution in [0.1, 0.15) is 27.7 Å². The van der Waals surface area contributed by atoms with E-state index in [-0.39, 0.29) is 22.7 Å². The third kappa shape index (κ3) is 4.77. The van der Waals surface area contributed by atoms with Crippen LogP contribution < -0.4 is 10.6 Å². The molecule has 1 aromatic heterocycles. The number of thioether (sulfide) groups is 1. The highest BCUT2D eigenvalue weighted by Crippen LogP contribution is 2.46. The van der Waals surface area contributed by atoms with E-state index < -0.39 is 22.9 Å². The quantitative estimate of drug-likeness (QED) is 0.418. The Bertz CT molecular complexity index is 1470. The van der Waals surface area contributed by atoms with Gasteiger partial charge in [-0.15, -0.1) is 11.8 Å². The number of nitrogens with zero attached hydrogens (tertiary/aromatic N) is 4. The Hall–Kier alpha value is -2.85. The molecule has 37 heavy (non-hydrogen) atoms. The Labute approximate surface area is 222 Å². The lowest BCUT2D eigenvalue weighted by atomic mass is 10.0. The van der Waals surface area contributed by atoms with Gasteiger partial charge in [-0.2, -0.15) is 4.98 Å². The van der Waals surface area contributed by atoms with Crippen molar-refractivity contribution in [1.82, 2.24) is 14.5 Å². The van der Waals surface area contributed by atoms with Crippen molar-refractivity contribution in [2.24, 2.45) is 0 Å². The van der Waals surface area contributed by atoms with E-state index in [4.69, 9.17) is 16.3 Å². The molecule has 2 aliphatic heterocycles. The summed E-state index contributed by atoms with van der Waals surface area (Å²) in [6, 6.07) is 4.93. The molecular weight excluding hydrogens is 522 g/mol. The van der Waals surface area contributed by atoms with Gasteiger partial charge in [0, 0.05) is 65.4 Å². The summed E-state index contributed by atoms with van der Waals surface area (Å²) in [5.74, 6) is -0.338. The van der Waals surface area contributed by atoms with Crippen LogP contribution in [0.2, 0.25) is 5.02 Å². The average Bonchev–Trinajstić information content (AvgIpc) is 2.81. The van der Waals surface area contributed by atoms with Gasteiger partial charge in [0.25, 0.3) is 0 Å². The standard InChI is InChI=1S/C26H27ClF2N4O3S/c1-14-13-31(25(35)36-26(2,3)4)7-8-32(14)23-17-12-18(27)20(16-6-5-15(28)11-19(16)29)22-21(17)33(9-10-37-22)24(34)30-23/h5-6,11-12,14H,7-10,13H2,1-4H3/t14-/m1/s1. The molecule has 5 rings (SSSR count). The molecule has 0 N–H and O–H groups in total. The summed E-state index contributed by atoms with van der Waals surface area (Å²) in [4.78, 5) is 34.5. The molecule has 0 saturated carbocycles. The summed E-state index contributed by atoms with van der Waals surface area (Å²) in [7, 11) is 0. The maximum absolute atomic E-state index is 14.8. The summed E-state index contributed by atoms with van der Waals surface area (Å²) >= 11 is 8.23. The maximum Gasteiger partial charge on any atom is 0.410 e. The first-order valence-electron chi connectivity index (χ1n) is 12.0. The number of hydrogen-bond donors (Lipinski definition) is 0. The molecule has 7 nitrogen and oxygen atoms in total. The fraction of sp³-hybridized carbons (Fsp3) is 0.423. The lowest BCUT2D eigenvalue weighted by Crippen LogP contribution is -2.55. The number of benzene rings is 2. The smallest absolute Gasteiger partial charge is 0.410 e. The number of amides is 1. The van der Waals surface area contributed by atoms with E-state index in [2.05, 4.69) is 4.98 Å². The first kappa shape index (κ1) is 25.8. The number of carbonyl (C=O) groups is 1. The molecule has 1 atom stereocenters. The Morgan fingerprint density at radius 2 is 1.95 bits per heavy atom. The van der Waals surface area contributed by atoms with Gasteiger partial charge in [-0.25, -0.2) is 18.4 Å². The van der Waals surface area contributed by atoms with Crippen molar-refractivity contribution in [3.05, 3.63) is 51.4 Å². The van der Waals surface area contributed by atoms with Crippen LogP contribution in [0.25, 0.3) is 22.0 Å². The number of piperazine rings is 1. The molecule has 3 aromatic rings. The van der Waals surface area contributed by atoms with Crippen molar-refractivity contribution in [3.8, 4) is 11.1 Å². The van der Waals surface area contributed by atoms with Crippen LogP contribution in [-0.4, -0.2) is 57.6 Å². The molecule has 1 saturated heterocycles. The van der Waals surface area contributed by atoms with Crippen molar-refractivity contribution in [1.29, 1.82) is 0 Å². The topological polar surface area (TPSA) is 67.7 Å². The largest absolute Gasteiger partial charge is 0.444 e. The van der Waals surface area contributed by atoms with Crippen LogP contribution >= 0.6 is 23.4 Å². The van der Waals surface area contributed by atoms with Gasteiger partial charge in [0.1, 0.15) is 23.1 Å². The highest BCUT2D eigenvalue weighted by atomic mass is 35.5. The zero-order valence-electron chi connectivity index (χ0n) is 21.0. The minimum Gasteiger partial charge on any atom is -0.444 e. The van der Waals surface area contributed by atoms with Crippen molar-refractivity contribution in [2.45, 2.75) is 50.8 Å².